The number of carbonyl (C=O) groups is 1. The number of rotatable bonds is 2. The summed E-state index contributed by atoms with van der Waals surface area (Å²) in [5.74, 6) is 0.0328. The molecule has 5 heteroatoms. The Kier molecular flexibility index (Phi) is 4.02. The van der Waals surface area contributed by atoms with E-state index in [0.717, 1.165) is 18.7 Å². The highest BCUT2D eigenvalue weighted by Gasteiger charge is 2.36. The van der Waals surface area contributed by atoms with E-state index < -0.39 is 0 Å². The number of nitrogens with zero attached hydrogens (tertiary/aromatic N) is 3. The lowest BCUT2D eigenvalue weighted by Crippen LogP contribution is -2.46. The van der Waals surface area contributed by atoms with Gasteiger partial charge in [0.15, 0.2) is 0 Å². The molecule has 0 bridgehead atoms. The summed E-state index contributed by atoms with van der Waals surface area (Å²) in [6, 6.07) is 0.834. The molecule has 2 atom stereocenters. The van der Waals surface area contributed by atoms with Crippen LogP contribution in [0.3, 0.4) is 0 Å². The molecule has 0 saturated carbocycles. The van der Waals surface area contributed by atoms with E-state index in [9.17, 15) is 4.79 Å². The second-order valence-corrected chi connectivity index (χ2v) is 7.69. The third-order valence-electron chi connectivity index (χ3n) is 5.06. The van der Waals surface area contributed by atoms with E-state index in [1.54, 1.807) is 6.20 Å². The van der Waals surface area contributed by atoms with Crippen molar-refractivity contribution in [3.05, 3.63) is 17.5 Å². The van der Waals surface area contributed by atoms with Crippen molar-refractivity contribution in [2.24, 2.45) is 0 Å². The van der Waals surface area contributed by atoms with Gasteiger partial charge in [0.25, 0.3) is 5.91 Å². The molecule has 22 heavy (non-hydrogen) atoms. The molecule has 1 aromatic rings. The molecule has 1 amide bonds. The molecule has 0 radical (unpaired) electrons. The molecule has 0 unspecified atom stereocenters. The van der Waals surface area contributed by atoms with Gasteiger partial charge < -0.3 is 5.32 Å². The summed E-state index contributed by atoms with van der Waals surface area (Å²) in [7, 11) is 0. The van der Waals surface area contributed by atoms with E-state index in [1.165, 1.54) is 25.8 Å². The highest BCUT2D eigenvalue weighted by atomic mass is 16.1. The van der Waals surface area contributed by atoms with Crippen LogP contribution in [0.15, 0.2) is 6.20 Å². The van der Waals surface area contributed by atoms with Crippen LogP contribution in [-0.2, 0) is 5.54 Å². The fourth-order valence-corrected chi connectivity index (χ4v) is 3.97. The maximum atomic E-state index is 12.7. The van der Waals surface area contributed by atoms with Crippen LogP contribution in [-0.4, -0.2) is 45.8 Å². The van der Waals surface area contributed by atoms with Crippen LogP contribution in [0.25, 0.3) is 0 Å². The summed E-state index contributed by atoms with van der Waals surface area (Å²) in [6.45, 7) is 10.6. The lowest BCUT2D eigenvalue weighted by molar-refractivity contribution is 0.0914. The first-order valence-electron chi connectivity index (χ1n) is 8.48. The number of piperidine rings is 1. The van der Waals surface area contributed by atoms with Crippen molar-refractivity contribution in [1.29, 1.82) is 0 Å². The van der Waals surface area contributed by atoms with E-state index in [0.29, 0.717) is 17.6 Å². The highest BCUT2D eigenvalue weighted by Crippen LogP contribution is 2.27. The standard InChI is InChI=1S/C17H28N4O/c1-12-13(11-18-21(12)17(2,3)4)16(22)19-14-8-10-20-9-6-5-7-15(14)20/h11,14-15H,5-10H2,1-4H3,(H,19,22)/t14-,15-/m0/s1. The third kappa shape index (κ3) is 2.78. The maximum Gasteiger partial charge on any atom is 0.255 e. The molecular weight excluding hydrogens is 276 g/mol. The zero-order valence-corrected chi connectivity index (χ0v) is 14.2. The molecular formula is C17H28N4O. The van der Waals surface area contributed by atoms with Crippen LogP contribution < -0.4 is 5.32 Å². The van der Waals surface area contributed by atoms with Gasteiger partial charge in [0.2, 0.25) is 0 Å². The van der Waals surface area contributed by atoms with Crippen molar-refractivity contribution in [1.82, 2.24) is 20.0 Å². The summed E-state index contributed by atoms with van der Waals surface area (Å²) in [5.41, 5.74) is 1.56. The molecule has 0 aromatic carbocycles. The SMILES string of the molecule is Cc1c(C(=O)N[C@H]2CCN3CCCC[C@@H]23)cnn1C(C)(C)C. The molecule has 2 fully saturated rings. The van der Waals surface area contributed by atoms with Crippen molar-refractivity contribution in [3.8, 4) is 0 Å². The van der Waals surface area contributed by atoms with E-state index in [-0.39, 0.29) is 11.4 Å². The minimum Gasteiger partial charge on any atom is -0.348 e. The quantitative estimate of drug-likeness (QED) is 0.912. The Morgan fingerprint density at radius 3 is 2.73 bits per heavy atom. The van der Waals surface area contributed by atoms with Crippen LogP contribution in [0.5, 0.6) is 0 Å². The zero-order valence-electron chi connectivity index (χ0n) is 14.2. The first-order chi connectivity index (χ1) is 10.4. The fourth-order valence-electron chi connectivity index (χ4n) is 3.97. The zero-order chi connectivity index (χ0) is 15.9. The van der Waals surface area contributed by atoms with Gasteiger partial charge in [0, 0.05) is 24.3 Å². The summed E-state index contributed by atoms with van der Waals surface area (Å²) in [6.07, 6.45) is 6.58. The Labute approximate surface area is 133 Å². The van der Waals surface area contributed by atoms with Gasteiger partial charge in [-0.3, -0.25) is 14.4 Å². The Hall–Kier alpha value is -1.36. The van der Waals surface area contributed by atoms with Crippen LogP contribution in [0.2, 0.25) is 0 Å². The molecule has 5 nitrogen and oxygen atoms in total. The van der Waals surface area contributed by atoms with Crippen LogP contribution >= 0.6 is 0 Å². The second kappa shape index (κ2) is 5.69. The van der Waals surface area contributed by atoms with Gasteiger partial charge in [-0.05, 0) is 53.5 Å². The van der Waals surface area contributed by atoms with Gasteiger partial charge >= 0.3 is 0 Å². The van der Waals surface area contributed by atoms with Gasteiger partial charge in [-0.1, -0.05) is 6.42 Å². The Morgan fingerprint density at radius 1 is 1.27 bits per heavy atom. The van der Waals surface area contributed by atoms with Crippen LogP contribution in [0.4, 0.5) is 0 Å². The Morgan fingerprint density at radius 2 is 2.05 bits per heavy atom. The molecule has 0 spiro atoms. The lowest BCUT2D eigenvalue weighted by Gasteiger charge is -2.32. The van der Waals surface area contributed by atoms with Crippen LogP contribution in [0, 0.1) is 6.92 Å². The number of fused-ring (bicyclic) bond motifs is 1. The first-order valence-corrected chi connectivity index (χ1v) is 8.48. The highest BCUT2D eigenvalue weighted by molar-refractivity contribution is 5.95. The molecule has 0 aliphatic carbocycles. The van der Waals surface area contributed by atoms with E-state index >= 15 is 0 Å². The van der Waals surface area contributed by atoms with Gasteiger partial charge in [-0.25, -0.2) is 0 Å². The average Bonchev–Trinajstić information content (AvgIpc) is 3.02. The summed E-state index contributed by atoms with van der Waals surface area (Å²) < 4.78 is 1.93. The normalized spacial score (nSPS) is 26.0. The molecule has 2 aliphatic heterocycles. The largest absolute Gasteiger partial charge is 0.348 e. The van der Waals surface area contributed by atoms with Gasteiger partial charge in [0.1, 0.15) is 0 Å². The van der Waals surface area contributed by atoms with Gasteiger partial charge in [-0.15, -0.1) is 0 Å². The van der Waals surface area contributed by atoms with E-state index in [2.05, 4.69) is 36.1 Å². The lowest BCUT2D eigenvalue weighted by atomic mass is 9.99. The summed E-state index contributed by atoms with van der Waals surface area (Å²) >= 11 is 0. The van der Waals surface area contributed by atoms with E-state index in [4.69, 9.17) is 0 Å². The predicted octanol–water partition coefficient (Wildman–Crippen LogP) is 2.30. The number of hydrogen-bond donors (Lipinski definition) is 1. The first kappa shape index (κ1) is 15.5. The maximum absolute atomic E-state index is 12.7. The smallest absolute Gasteiger partial charge is 0.255 e. The average molecular weight is 304 g/mol. The Bertz CT molecular complexity index is 557. The van der Waals surface area contributed by atoms with Gasteiger partial charge in [0.05, 0.1) is 17.3 Å². The third-order valence-corrected chi connectivity index (χ3v) is 5.06. The van der Waals surface area contributed by atoms with Gasteiger partial charge in [-0.2, -0.15) is 5.10 Å². The van der Waals surface area contributed by atoms with Crippen molar-refractivity contribution in [2.75, 3.05) is 13.1 Å². The minimum absolute atomic E-state index is 0.0328. The molecule has 1 aromatic heterocycles. The number of aromatic nitrogens is 2. The number of nitrogens with one attached hydrogen (secondary N) is 1. The predicted molar refractivity (Wildman–Crippen MR) is 87.0 cm³/mol. The van der Waals surface area contributed by atoms with Crippen molar-refractivity contribution >= 4 is 5.91 Å². The fraction of sp³-hybridized carbons (Fsp3) is 0.765. The van der Waals surface area contributed by atoms with Crippen molar-refractivity contribution < 1.29 is 4.79 Å². The molecule has 2 saturated heterocycles. The van der Waals surface area contributed by atoms with E-state index in [1.807, 2.05) is 11.6 Å². The molecule has 1 N–H and O–H groups in total. The minimum atomic E-state index is -0.101. The second-order valence-electron chi connectivity index (χ2n) is 7.69. The number of amides is 1. The topological polar surface area (TPSA) is 50.2 Å². The summed E-state index contributed by atoms with van der Waals surface area (Å²) in [4.78, 5) is 15.2. The number of hydrogen-bond acceptors (Lipinski definition) is 3. The molecule has 3 rings (SSSR count). The Balaban J connectivity index is 1.71. The van der Waals surface area contributed by atoms with Crippen molar-refractivity contribution in [2.45, 2.75) is 71.0 Å². The molecule has 122 valence electrons. The molecule has 3 heterocycles. The van der Waals surface area contributed by atoms with Crippen LogP contribution in [0.1, 0.15) is 62.5 Å². The molecule has 2 aliphatic rings. The number of carbonyl (C=O) groups excluding carboxylic acids is 1. The summed E-state index contributed by atoms with van der Waals surface area (Å²) in [5, 5.41) is 7.68. The monoisotopic (exact) mass is 304 g/mol. The van der Waals surface area contributed by atoms with Crippen molar-refractivity contribution in [3.63, 3.8) is 0 Å².